The summed E-state index contributed by atoms with van der Waals surface area (Å²) >= 11 is 0. The zero-order valence-electron chi connectivity index (χ0n) is 13.4. The van der Waals surface area contributed by atoms with Gasteiger partial charge in [0.2, 0.25) is 5.67 Å². The van der Waals surface area contributed by atoms with Crippen LogP contribution in [0.2, 0.25) is 0 Å². The van der Waals surface area contributed by atoms with E-state index in [2.05, 4.69) is 0 Å². The average molecular weight is 362 g/mol. The Balaban J connectivity index is 2.83. The van der Waals surface area contributed by atoms with Gasteiger partial charge in [0.25, 0.3) is 0 Å². The Labute approximate surface area is 140 Å². The Morgan fingerprint density at radius 1 is 0.680 bits per heavy atom. The average Bonchev–Trinajstić information content (AvgIpc) is 2.50. The Hall–Kier alpha value is -2.38. The van der Waals surface area contributed by atoms with Gasteiger partial charge in [-0.25, -0.2) is 4.39 Å². The molecule has 0 aliphatic carbocycles. The molecule has 0 atom stereocenters. The molecule has 8 heteroatoms. The molecule has 25 heavy (non-hydrogen) atoms. The fraction of sp³-hybridized carbons (Fsp3) is 0.294. The molecule has 2 nitrogen and oxygen atoms in total. The third-order valence-electron chi connectivity index (χ3n) is 4.14. The Morgan fingerprint density at radius 2 is 1.04 bits per heavy atom. The molecule has 136 valence electrons. The molecule has 0 fully saturated rings. The van der Waals surface area contributed by atoms with Crippen molar-refractivity contribution in [2.45, 2.75) is 31.6 Å². The van der Waals surface area contributed by atoms with Crippen LogP contribution in [0.15, 0.2) is 36.4 Å². The minimum absolute atomic E-state index is 0.0995. The van der Waals surface area contributed by atoms with Crippen LogP contribution in [-0.4, -0.2) is 12.1 Å². The van der Waals surface area contributed by atoms with Crippen molar-refractivity contribution >= 4 is 11.4 Å². The summed E-state index contributed by atoms with van der Waals surface area (Å²) in [4.78, 5) is 0. The van der Waals surface area contributed by atoms with E-state index in [0.29, 0.717) is 11.1 Å². The van der Waals surface area contributed by atoms with E-state index in [1.165, 1.54) is 26.0 Å². The molecule has 0 spiro atoms. The second kappa shape index (κ2) is 5.86. The third-order valence-corrected chi connectivity index (χ3v) is 4.14. The fourth-order valence-electron chi connectivity index (χ4n) is 2.43. The number of nitrogens with two attached hydrogens (primary N) is 2. The van der Waals surface area contributed by atoms with Crippen LogP contribution >= 0.6 is 0 Å². The maximum atomic E-state index is 15.6. The summed E-state index contributed by atoms with van der Waals surface area (Å²) in [5.74, 6) is -5.70. The molecule has 0 bridgehead atoms. The van der Waals surface area contributed by atoms with Crippen molar-refractivity contribution in [3.63, 3.8) is 0 Å². The number of halogens is 6. The number of aryl methyl sites for hydroxylation is 2. The first-order valence-corrected chi connectivity index (χ1v) is 7.19. The summed E-state index contributed by atoms with van der Waals surface area (Å²) < 4.78 is 83.1. The standard InChI is InChI=1S/C17H16F6N2/c1-9-3-5-11(7-13(9)24)15(18,16(19,20)17(21,22)23)12-6-4-10(2)14(25)8-12/h3-8H,24-25H2,1-2H3. The number of hydrogen-bond donors (Lipinski definition) is 2. The molecule has 0 aliphatic heterocycles. The molecule has 0 radical (unpaired) electrons. The van der Waals surface area contributed by atoms with Crippen LogP contribution in [0.3, 0.4) is 0 Å². The highest BCUT2D eigenvalue weighted by molar-refractivity contribution is 5.56. The van der Waals surface area contributed by atoms with Gasteiger partial charge in [-0.15, -0.1) is 0 Å². The van der Waals surface area contributed by atoms with Crippen LogP contribution in [0.4, 0.5) is 37.7 Å². The first-order valence-electron chi connectivity index (χ1n) is 7.19. The number of rotatable bonds is 3. The second-order valence-electron chi connectivity index (χ2n) is 5.87. The van der Waals surface area contributed by atoms with Gasteiger partial charge in [0.1, 0.15) is 0 Å². The summed E-state index contributed by atoms with van der Waals surface area (Å²) in [5, 5.41) is 0. The highest BCUT2D eigenvalue weighted by Gasteiger charge is 2.72. The van der Waals surface area contributed by atoms with Gasteiger partial charge in [-0.3, -0.25) is 0 Å². The first-order chi connectivity index (χ1) is 11.3. The maximum absolute atomic E-state index is 15.6. The molecule has 0 aliphatic rings. The lowest BCUT2D eigenvalue weighted by Crippen LogP contribution is -2.53. The first kappa shape index (κ1) is 19.0. The molecule has 2 rings (SSSR count). The summed E-state index contributed by atoms with van der Waals surface area (Å²) in [6, 6.07) is 5.66. The van der Waals surface area contributed by atoms with Gasteiger partial charge >= 0.3 is 12.1 Å². The highest BCUT2D eigenvalue weighted by atomic mass is 19.4. The summed E-state index contributed by atoms with van der Waals surface area (Å²) in [5.41, 5.74) is 5.82. The normalized spacial score (nSPS) is 13.1. The fourth-order valence-corrected chi connectivity index (χ4v) is 2.43. The van der Waals surface area contributed by atoms with E-state index < -0.39 is 28.9 Å². The van der Waals surface area contributed by atoms with Crippen molar-refractivity contribution in [3.8, 4) is 0 Å². The molecule has 0 saturated carbocycles. The smallest absolute Gasteiger partial charge is 0.399 e. The van der Waals surface area contributed by atoms with Crippen molar-refractivity contribution < 1.29 is 26.3 Å². The summed E-state index contributed by atoms with van der Waals surface area (Å²) in [6.07, 6.45) is -6.12. The van der Waals surface area contributed by atoms with E-state index in [-0.39, 0.29) is 11.4 Å². The Kier molecular flexibility index (Phi) is 4.44. The molecule has 0 amide bonds. The summed E-state index contributed by atoms with van der Waals surface area (Å²) in [6.45, 7) is 3.04. The maximum Gasteiger partial charge on any atom is 0.457 e. The van der Waals surface area contributed by atoms with Crippen LogP contribution in [0, 0.1) is 13.8 Å². The monoisotopic (exact) mass is 362 g/mol. The molecule has 0 unspecified atom stereocenters. The highest BCUT2D eigenvalue weighted by Crippen LogP contribution is 2.54. The number of nitrogen functional groups attached to an aromatic ring is 2. The van der Waals surface area contributed by atoms with Crippen molar-refractivity contribution in [1.29, 1.82) is 0 Å². The number of benzene rings is 2. The van der Waals surface area contributed by atoms with Crippen LogP contribution in [0.1, 0.15) is 22.3 Å². The lowest BCUT2D eigenvalue weighted by Gasteiger charge is -2.35. The van der Waals surface area contributed by atoms with E-state index >= 15 is 4.39 Å². The van der Waals surface area contributed by atoms with E-state index in [0.717, 1.165) is 24.3 Å². The van der Waals surface area contributed by atoms with E-state index in [1.54, 1.807) is 0 Å². The quantitative estimate of drug-likeness (QED) is 0.604. The predicted octanol–water partition coefficient (Wildman–Crippen LogP) is 4.88. The SMILES string of the molecule is Cc1ccc(C(F)(c2ccc(C)c(N)c2)C(F)(F)C(F)(F)F)cc1N. The van der Waals surface area contributed by atoms with Gasteiger partial charge in [0.15, 0.2) is 0 Å². The Bertz CT molecular complexity index is 747. The van der Waals surface area contributed by atoms with Crippen LogP contribution < -0.4 is 11.5 Å². The van der Waals surface area contributed by atoms with Gasteiger partial charge in [0.05, 0.1) is 0 Å². The van der Waals surface area contributed by atoms with Crippen molar-refractivity contribution in [3.05, 3.63) is 58.7 Å². The van der Waals surface area contributed by atoms with Gasteiger partial charge in [-0.05, 0) is 37.1 Å². The van der Waals surface area contributed by atoms with Crippen LogP contribution in [0.25, 0.3) is 0 Å². The molecule has 0 heterocycles. The minimum Gasteiger partial charge on any atom is -0.399 e. The molecule has 4 N–H and O–H groups in total. The van der Waals surface area contributed by atoms with Gasteiger partial charge in [-0.1, -0.05) is 24.3 Å². The van der Waals surface area contributed by atoms with Gasteiger partial charge in [-0.2, -0.15) is 22.0 Å². The molecular formula is C17H16F6N2. The van der Waals surface area contributed by atoms with E-state index in [9.17, 15) is 22.0 Å². The minimum atomic E-state index is -6.12. The van der Waals surface area contributed by atoms with Gasteiger partial charge in [0, 0.05) is 22.5 Å². The van der Waals surface area contributed by atoms with Crippen molar-refractivity contribution in [1.82, 2.24) is 0 Å². The second-order valence-corrected chi connectivity index (χ2v) is 5.87. The number of hydrogen-bond acceptors (Lipinski definition) is 2. The lowest BCUT2D eigenvalue weighted by atomic mass is 9.81. The molecule has 0 aromatic heterocycles. The summed E-state index contributed by atoms with van der Waals surface area (Å²) in [7, 11) is 0. The van der Waals surface area contributed by atoms with Crippen LogP contribution in [-0.2, 0) is 5.67 Å². The number of alkyl halides is 6. The van der Waals surface area contributed by atoms with E-state index in [1.807, 2.05) is 0 Å². The molecule has 2 aromatic carbocycles. The zero-order valence-corrected chi connectivity index (χ0v) is 13.4. The van der Waals surface area contributed by atoms with Crippen molar-refractivity contribution in [2.75, 3.05) is 11.5 Å². The third kappa shape index (κ3) is 2.89. The Morgan fingerprint density at radius 3 is 1.32 bits per heavy atom. The zero-order chi connectivity index (χ0) is 19.2. The predicted molar refractivity (Wildman–Crippen MR) is 84.1 cm³/mol. The molecule has 0 saturated heterocycles. The lowest BCUT2D eigenvalue weighted by molar-refractivity contribution is -0.323. The number of anilines is 2. The van der Waals surface area contributed by atoms with Crippen LogP contribution in [0.5, 0.6) is 0 Å². The van der Waals surface area contributed by atoms with E-state index in [4.69, 9.17) is 11.5 Å². The van der Waals surface area contributed by atoms with Crippen molar-refractivity contribution in [2.24, 2.45) is 0 Å². The molecular weight excluding hydrogens is 346 g/mol. The van der Waals surface area contributed by atoms with Gasteiger partial charge < -0.3 is 11.5 Å². The largest absolute Gasteiger partial charge is 0.457 e. The molecule has 2 aromatic rings. The topological polar surface area (TPSA) is 52.0 Å².